The molecular weight excluding hydrogens is 368 g/mol. The molecule has 1 N–H and O–H groups in total. The van der Waals surface area contributed by atoms with Crippen LogP contribution in [-0.2, 0) is 20.9 Å². The zero-order valence-electron chi connectivity index (χ0n) is 16.9. The first kappa shape index (κ1) is 20.6. The Balaban J connectivity index is 1.65. The van der Waals surface area contributed by atoms with Crippen LogP contribution in [0.1, 0.15) is 36.2 Å². The number of hydrogen-bond donors (Lipinski definition) is 1. The van der Waals surface area contributed by atoms with Gasteiger partial charge in [0.1, 0.15) is 0 Å². The molecule has 2 aromatic rings. The standard InChI is InChI=1S/C23H26N2O4/c1-15(2)25(14-16-9-5-4-6-10-16)22(27)19-13-18(19)21(26)24-20-12-8-7-11-17(20)23(28)29-3/h4-12,15,18-19H,13-14H2,1-3H3,(H,24,26). The first-order chi connectivity index (χ1) is 13.9. The summed E-state index contributed by atoms with van der Waals surface area (Å²) in [5.41, 5.74) is 1.75. The van der Waals surface area contributed by atoms with Crippen LogP contribution in [0, 0.1) is 11.8 Å². The fraction of sp³-hybridized carbons (Fsp3) is 0.348. The van der Waals surface area contributed by atoms with Crippen molar-refractivity contribution in [3.8, 4) is 0 Å². The molecule has 1 fully saturated rings. The van der Waals surface area contributed by atoms with Crippen LogP contribution >= 0.6 is 0 Å². The number of methoxy groups -OCH3 is 1. The molecule has 1 saturated carbocycles. The molecule has 152 valence electrons. The topological polar surface area (TPSA) is 75.7 Å². The third-order valence-electron chi connectivity index (χ3n) is 5.14. The number of nitrogens with one attached hydrogen (secondary N) is 1. The smallest absolute Gasteiger partial charge is 0.339 e. The molecular formula is C23H26N2O4. The van der Waals surface area contributed by atoms with Gasteiger partial charge in [0, 0.05) is 12.6 Å². The Hall–Kier alpha value is -3.15. The van der Waals surface area contributed by atoms with Crippen LogP contribution in [0.2, 0.25) is 0 Å². The number of hydrogen-bond acceptors (Lipinski definition) is 4. The van der Waals surface area contributed by atoms with E-state index in [2.05, 4.69) is 5.32 Å². The highest BCUT2D eigenvalue weighted by molar-refractivity contribution is 6.04. The summed E-state index contributed by atoms with van der Waals surface area (Å²) in [6, 6.07) is 16.5. The van der Waals surface area contributed by atoms with Crippen molar-refractivity contribution in [1.82, 2.24) is 4.90 Å². The Bertz CT molecular complexity index is 895. The summed E-state index contributed by atoms with van der Waals surface area (Å²) in [5, 5.41) is 2.78. The number of nitrogens with zero attached hydrogens (tertiary/aromatic N) is 1. The molecule has 0 heterocycles. The lowest BCUT2D eigenvalue weighted by atomic mass is 10.1. The maximum atomic E-state index is 13.0. The first-order valence-corrected chi connectivity index (χ1v) is 9.75. The van der Waals surface area contributed by atoms with Crippen LogP contribution in [0.15, 0.2) is 54.6 Å². The molecule has 0 bridgehead atoms. The SMILES string of the molecule is COC(=O)c1ccccc1NC(=O)C1CC1C(=O)N(Cc1ccccc1)C(C)C. The maximum Gasteiger partial charge on any atom is 0.339 e. The summed E-state index contributed by atoms with van der Waals surface area (Å²) in [6.07, 6.45) is 0.517. The predicted octanol–water partition coefficient (Wildman–Crippen LogP) is 3.49. The molecule has 29 heavy (non-hydrogen) atoms. The van der Waals surface area contributed by atoms with Crippen LogP contribution in [0.5, 0.6) is 0 Å². The molecule has 2 atom stereocenters. The number of esters is 1. The lowest BCUT2D eigenvalue weighted by molar-refractivity contribution is -0.136. The van der Waals surface area contributed by atoms with Crippen LogP contribution in [-0.4, -0.2) is 35.8 Å². The van der Waals surface area contributed by atoms with E-state index in [0.29, 0.717) is 24.2 Å². The molecule has 0 aromatic heterocycles. The summed E-state index contributed by atoms with van der Waals surface area (Å²) in [6.45, 7) is 4.48. The minimum atomic E-state index is -0.516. The van der Waals surface area contributed by atoms with Gasteiger partial charge in [0.15, 0.2) is 0 Å². The zero-order valence-corrected chi connectivity index (χ0v) is 16.9. The quantitative estimate of drug-likeness (QED) is 0.730. The van der Waals surface area contributed by atoms with Crippen molar-refractivity contribution in [3.63, 3.8) is 0 Å². The molecule has 6 heteroatoms. The number of rotatable bonds is 7. The van der Waals surface area contributed by atoms with Crippen LogP contribution in [0.25, 0.3) is 0 Å². The monoisotopic (exact) mass is 394 g/mol. The minimum Gasteiger partial charge on any atom is -0.465 e. The molecule has 0 aliphatic heterocycles. The van der Waals surface area contributed by atoms with E-state index >= 15 is 0 Å². The number of carbonyl (C=O) groups is 3. The Morgan fingerprint density at radius 2 is 1.69 bits per heavy atom. The second kappa shape index (κ2) is 8.90. The molecule has 0 radical (unpaired) electrons. The van der Waals surface area contributed by atoms with E-state index in [0.717, 1.165) is 5.56 Å². The van der Waals surface area contributed by atoms with Crippen LogP contribution < -0.4 is 5.32 Å². The van der Waals surface area contributed by atoms with Gasteiger partial charge in [-0.25, -0.2) is 4.79 Å². The van der Waals surface area contributed by atoms with Crippen molar-refractivity contribution in [2.45, 2.75) is 32.9 Å². The lowest BCUT2D eigenvalue weighted by Crippen LogP contribution is -2.38. The van der Waals surface area contributed by atoms with Gasteiger partial charge in [-0.05, 0) is 38.0 Å². The largest absolute Gasteiger partial charge is 0.465 e. The molecule has 2 aromatic carbocycles. The molecule has 2 amide bonds. The highest BCUT2D eigenvalue weighted by atomic mass is 16.5. The average molecular weight is 394 g/mol. The minimum absolute atomic E-state index is 0.00902. The van der Waals surface area contributed by atoms with Crippen LogP contribution in [0.4, 0.5) is 5.69 Å². The Morgan fingerprint density at radius 1 is 1.03 bits per heavy atom. The van der Waals surface area contributed by atoms with Crippen molar-refractivity contribution >= 4 is 23.5 Å². The van der Waals surface area contributed by atoms with Crippen molar-refractivity contribution in [1.29, 1.82) is 0 Å². The Morgan fingerprint density at radius 3 is 2.34 bits per heavy atom. The summed E-state index contributed by atoms with van der Waals surface area (Å²) < 4.78 is 4.76. The van der Waals surface area contributed by atoms with Gasteiger partial charge < -0.3 is 15.0 Å². The van der Waals surface area contributed by atoms with E-state index in [1.165, 1.54) is 7.11 Å². The number of benzene rings is 2. The number of para-hydroxylation sites is 1. The van der Waals surface area contributed by atoms with E-state index < -0.39 is 5.97 Å². The van der Waals surface area contributed by atoms with Crippen molar-refractivity contribution in [2.24, 2.45) is 11.8 Å². The number of anilines is 1. The van der Waals surface area contributed by atoms with Crippen molar-refractivity contribution in [2.75, 3.05) is 12.4 Å². The molecule has 0 saturated heterocycles. The van der Waals surface area contributed by atoms with Gasteiger partial charge in [-0.1, -0.05) is 42.5 Å². The molecule has 2 unspecified atom stereocenters. The fourth-order valence-electron chi connectivity index (χ4n) is 3.37. The van der Waals surface area contributed by atoms with Gasteiger partial charge in [0.25, 0.3) is 0 Å². The van der Waals surface area contributed by atoms with Gasteiger partial charge in [-0.3, -0.25) is 9.59 Å². The average Bonchev–Trinajstić information content (AvgIpc) is 3.53. The maximum absolute atomic E-state index is 13.0. The summed E-state index contributed by atoms with van der Waals surface area (Å²) in [5.74, 6) is -1.48. The Labute approximate surface area is 170 Å². The van der Waals surface area contributed by atoms with Gasteiger partial charge >= 0.3 is 5.97 Å². The second-order valence-electron chi connectivity index (χ2n) is 7.52. The van der Waals surface area contributed by atoms with E-state index in [1.807, 2.05) is 49.1 Å². The van der Waals surface area contributed by atoms with E-state index in [1.54, 1.807) is 24.3 Å². The third-order valence-corrected chi connectivity index (χ3v) is 5.14. The van der Waals surface area contributed by atoms with Crippen LogP contribution in [0.3, 0.4) is 0 Å². The summed E-state index contributed by atoms with van der Waals surface area (Å²) in [7, 11) is 1.30. The van der Waals surface area contributed by atoms with Gasteiger partial charge in [-0.15, -0.1) is 0 Å². The number of amides is 2. The molecule has 6 nitrogen and oxygen atoms in total. The third kappa shape index (κ3) is 4.83. The molecule has 3 rings (SSSR count). The van der Waals surface area contributed by atoms with E-state index in [4.69, 9.17) is 4.74 Å². The van der Waals surface area contributed by atoms with Gasteiger partial charge in [0.2, 0.25) is 11.8 Å². The molecule has 1 aliphatic carbocycles. The summed E-state index contributed by atoms with van der Waals surface area (Å²) in [4.78, 5) is 39.4. The second-order valence-corrected chi connectivity index (χ2v) is 7.52. The molecule has 0 spiro atoms. The van der Waals surface area contributed by atoms with E-state index in [9.17, 15) is 14.4 Å². The highest BCUT2D eigenvalue weighted by Crippen LogP contribution is 2.41. The van der Waals surface area contributed by atoms with E-state index in [-0.39, 0.29) is 29.7 Å². The number of carbonyl (C=O) groups excluding carboxylic acids is 3. The van der Waals surface area contributed by atoms with Crippen molar-refractivity contribution < 1.29 is 19.1 Å². The fourth-order valence-corrected chi connectivity index (χ4v) is 3.37. The normalized spacial score (nSPS) is 17.5. The number of ether oxygens (including phenoxy) is 1. The highest BCUT2D eigenvalue weighted by Gasteiger charge is 2.50. The zero-order chi connectivity index (χ0) is 21.0. The first-order valence-electron chi connectivity index (χ1n) is 9.75. The predicted molar refractivity (Wildman–Crippen MR) is 110 cm³/mol. The van der Waals surface area contributed by atoms with Crippen molar-refractivity contribution in [3.05, 3.63) is 65.7 Å². The van der Waals surface area contributed by atoms with Gasteiger partial charge in [0.05, 0.1) is 30.2 Å². The molecule has 1 aliphatic rings. The summed E-state index contributed by atoms with van der Waals surface area (Å²) >= 11 is 0. The Kier molecular flexibility index (Phi) is 6.32. The van der Waals surface area contributed by atoms with Gasteiger partial charge in [-0.2, -0.15) is 0 Å². The lowest BCUT2D eigenvalue weighted by Gasteiger charge is -2.27.